The van der Waals surface area contributed by atoms with Crippen molar-refractivity contribution in [1.29, 1.82) is 0 Å². The summed E-state index contributed by atoms with van der Waals surface area (Å²) in [4.78, 5) is 11.4. The first-order chi connectivity index (χ1) is 8.63. The molecule has 1 rings (SSSR count). The van der Waals surface area contributed by atoms with Crippen LogP contribution in [0.1, 0.15) is 19.8 Å². The SMILES string of the molecule is CC(CNC(=O)CCCN)Oc1ccccc1Br.Cl. The minimum absolute atomic E-state index is 0. The number of nitrogens with two attached hydrogens (primary N) is 1. The standard InChI is InChI=1S/C13H19BrN2O2.ClH/c1-10(9-16-13(17)7-4-8-15)18-12-6-3-2-5-11(12)14;/h2-3,5-6,10H,4,7-9,15H2,1H3,(H,16,17);1H. The highest BCUT2D eigenvalue weighted by molar-refractivity contribution is 9.10. The van der Waals surface area contributed by atoms with E-state index in [1.807, 2.05) is 31.2 Å². The molecule has 0 radical (unpaired) electrons. The Morgan fingerprint density at radius 1 is 1.47 bits per heavy atom. The van der Waals surface area contributed by atoms with Crippen LogP contribution in [-0.4, -0.2) is 25.1 Å². The van der Waals surface area contributed by atoms with Crippen molar-refractivity contribution >= 4 is 34.2 Å². The minimum Gasteiger partial charge on any atom is -0.488 e. The first-order valence-corrected chi connectivity index (χ1v) is 6.80. The third-order valence-corrected chi connectivity index (χ3v) is 3.01. The Hall–Kier alpha value is -0.780. The maximum Gasteiger partial charge on any atom is 0.220 e. The number of ether oxygens (including phenoxy) is 1. The van der Waals surface area contributed by atoms with E-state index in [-0.39, 0.29) is 24.4 Å². The van der Waals surface area contributed by atoms with Crippen LogP contribution < -0.4 is 15.8 Å². The highest BCUT2D eigenvalue weighted by Crippen LogP contribution is 2.24. The van der Waals surface area contributed by atoms with Gasteiger partial charge in [-0.2, -0.15) is 0 Å². The van der Waals surface area contributed by atoms with Gasteiger partial charge >= 0.3 is 0 Å². The van der Waals surface area contributed by atoms with Crippen LogP contribution in [0.25, 0.3) is 0 Å². The summed E-state index contributed by atoms with van der Waals surface area (Å²) in [5.41, 5.74) is 5.34. The number of benzene rings is 1. The molecule has 0 heterocycles. The molecule has 0 aliphatic rings. The van der Waals surface area contributed by atoms with Crippen molar-refractivity contribution in [3.05, 3.63) is 28.7 Å². The molecule has 0 saturated carbocycles. The summed E-state index contributed by atoms with van der Waals surface area (Å²) in [5, 5.41) is 2.82. The van der Waals surface area contributed by atoms with Crippen molar-refractivity contribution in [2.75, 3.05) is 13.1 Å². The molecule has 0 bridgehead atoms. The van der Waals surface area contributed by atoms with Crippen LogP contribution in [0.15, 0.2) is 28.7 Å². The van der Waals surface area contributed by atoms with E-state index >= 15 is 0 Å². The molecule has 4 nitrogen and oxygen atoms in total. The fourth-order valence-corrected chi connectivity index (χ4v) is 1.79. The van der Waals surface area contributed by atoms with Crippen molar-refractivity contribution in [3.63, 3.8) is 0 Å². The maximum atomic E-state index is 11.4. The van der Waals surface area contributed by atoms with Gasteiger partial charge in [0.25, 0.3) is 0 Å². The van der Waals surface area contributed by atoms with E-state index in [4.69, 9.17) is 10.5 Å². The van der Waals surface area contributed by atoms with Gasteiger partial charge in [0.15, 0.2) is 0 Å². The summed E-state index contributed by atoms with van der Waals surface area (Å²) in [5.74, 6) is 0.796. The van der Waals surface area contributed by atoms with Crippen molar-refractivity contribution in [3.8, 4) is 5.75 Å². The van der Waals surface area contributed by atoms with Crippen LogP contribution in [0.3, 0.4) is 0 Å². The second kappa shape index (κ2) is 10.1. The Labute approximate surface area is 128 Å². The summed E-state index contributed by atoms with van der Waals surface area (Å²) in [6.07, 6.45) is 1.11. The summed E-state index contributed by atoms with van der Waals surface area (Å²) in [6.45, 7) is 2.95. The van der Waals surface area contributed by atoms with E-state index in [2.05, 4.69) is 21.2 Å². The van der Waals surface area contributed by atoms with E-state index in [1.54, 1.807) is 0 Å². The third-order valence-electron chi connectivity index (χ3n) is 2.36. The Balaban J connectivity index is 0.00000324. The fraction of sp³-hybridized carbons (Fsp3) is 0.462. The molecule has 19 heavy (non-hydrogen) atoms. The number of hydrogen-bond donors (Lipinski definition) is 2. The zero-order valence-corrected chi connectivity index (χ0v) is 13.3. The molecule has 0 fully saturated rings. The van der Waals surface area contributed by atoms with Crippen LogP contribution in [0.2, 0.25) is 0 Å². The summed E-state index contributed by atoms with van der Waals surface area (Å²) in [6, 6.07) is 7.64. The van der Waals surface area contributed by atoms with Gasteiger partial charge in [0, 0.05) is 6.42 Å². The van der Waals surface area contributed by atoms with Crippen molar-refractivity contribution in [1.82, 2.24) is 5.32 Å². The van der Waals surface area contributed by atoms with Gasteiger partial charge in [0.05, 0.1) is 11.0 Å². The molecular weight excluding hydrogens is 332 g/mol. The summed E-state index contributed by atoms with van der Waals surface area (Å²) in [7, 11) is 0. The van der Waals surface area contributed by atoms with Gasteiger partial charge in [0.1, 0.15) is 11.9 Å². The van der Waals surface area contributed by atoms with Gasteiger partial charge in [-0.15, -0.1) is 12.4 Å². The topological polar surface area (TPSA) is 64.4 Å². The van der Waals surface area contributed by atoms with Gasteiger partial charge < -0.3 is 15.8 Å². The number of carbonyl (C=O) groups excluding carboxylic acids is 1. The lowest BCUT2D eigenvalue weighted by Crippen LogP contribution is -2.33. The number of halogens is 2. The van der Waals surface area contributed by atoms with Gasteiger partial charge in [-0.1, -0.05) is 12.1 Å². The number of rotatable bonds is 7. The zero-order chi connectivity index (χ0) is 13.4. The van der Waals surface area contributed by atoms with E-state index in [0.29, 0.717) is 25.9 Å². The van der Waals surface area contributed by atoms with Crippen molar-refractivity contribution in [2.24, 2.45) is 5.73 Å². The van der Waals surface area contributed by atoms with Crippen molar-refractivity contribution in [2.45, 2.75) is 25.9 Å². The molecule has 1 amide bonds. The van der Waals surface area contributed by atoms with E-state index in [9.17, 15) is 4.79 Å². The minimum atomic E-state index is -0.0782. The van der Waals surface area contributed by atoms with Crippen molar-refractivity contribution < 1.29 is 9.53 Å². The smallest absolute Gasteiger partial charge is 0.220 e. The average Bonchev–Trinajstić information content (AvgIpc) is 2.36. The number of para-hydroxylation sites is 1. The zero-order valence-electron chi connectivity index (χ0n) is 10.9. The molecule has 0 aliphatic heterocycles. The fourth-order valence-electron chi connectivity index (χ4n) is 1.41. The van der Waals surface area contributed by atoms with Crippen LogP contribution in [0.4, 0.5) is 0 Å². The van der Waals surface area contributed by atoms with Gasteiger partial charge in [-0.05, 0) is 48.0 Å². The summed E-state index contributed by atoms with van der Waals surface area (Å²) >= 11 is 3.41. The molecular formula is C13H20BrClN2O2. The predicted molar refractivity (Wildman–Crippen MR) is 82.8 cm³/mol. The molecule has 0 saturated heterocycles. The first-order valence-electron chi connectivity index (χ1n) is 6.01. The highest BCUT2D eigenvalue weighted by atomic mass is 79.9. The third kappa shape index (κ3) is 7.40. The molecule has 1 atom stereocenters. The van der Waals surface area contributed by atoms with Crippen LogP contribution in [0, 0.1) is 0 Å². The van der Waals surface area contributed by atoms with Crippen LogP contribution in [0.5, 0.6) is 5.75 Å². The highest BCUT2D eigenvalue weighted by Gasteiger charge is 2.08. The molecule has 6 heteroatoms. The number of hydrogen-bond acceptors (Lipinski definition) is 3. The predicted octanol–water partition coefficient (Wildman–Crippen LogP) is 2.49. The first kappa shape index (κ1) is 18.2. The normalized spacial score (nSPS) is 11.3. The number of carbonyl (C=O) groups is 1. The molecule has 1 unspecified atom stereocenters. The Morgan fingerprint density at radius 2 is 2.16 bits per heavy atom. The monoisotopic (exact) mass is 350 g/mol. The van der Waals surface area contributed by atoms with Crippen LogP contribution in [-0.2, 0) is 4.79 Å². The lowest BCUT2D eigenvalue weighted by Gasteiger charge is -2.16. The Bertz CT molecular complexity index is 391. The van der Waals surface area contributed by atoms with Gasteiger partial charge in [-0.25, -0.2) is 0 Å². The van der Waals surface area contributed by atoms with E-state index in [0.717, 1.165) is 10.2 Å². The second-order valence-electron chi connectivity index (χ2n) is 4.06. The molecule has 1 aromatic carbocycles. The van der Waals surface area contributed by atoms with Gasteiger partial charge in [-0.3, -0.25) is 4.79 Å². The van der Waals surface area contributed by atoms with E-state index in [1.165, 1.54) is 0 Å². The van der Waals surface area contributed by atoms with E-state index < -0.39 is 0 Å². The quantitative estimate of drug-likeness (QED) is 0.793. The maximum absolute atomic E-state index is 11.4. The molecule has 108 valence electrons. The average molecular weight is 352 g/mol. The van der Waals surface area contributed by atoms with Gasteiger partial charge in [0.2, 0.25) is 5.91 Å². The largest absolute Gasteiger partial charge is 0.488 e. The second-order valence-corrected chi connectivity index (χ2v) is 4.91. The lowest BCUT2D eigenvalue weighted by atomic mass is 10.3. The molecule has 0 aromatic heterocycles. The van der Waals surface area contributed by atoms with Crippen LogP contribution >= 0.6 is 28.3 Å². The molecule has 1 aromatic rings. The summed E-state index contributed by atoms with van der Waals surface area (Å²) < 4.78 is 6.62. The Kier molecular flexibility index (Phi) is 9.65. The number of nitrogens with one attached hydrogen (secondary N) is 1. The molecule has 0 aliphatic carbocycles. The Morgan fingerprint density at radius 3 is 2.79 bits per heavy atom. The number of amides is 1. The molecule has 0 spiro atoms. The molecule has 3 N–H and O–H groups in total. The lowest BCUT2D eigenvalue weighted by molar-refractivity contribution is -0.121.